The van der Waals surface area contributed by atoms with Crippen molar-refractivity contribution in [2.24, 2.45) is 5.10 Å². The van der Waals surface area contributed by atoms with E-state index in [1.54, 1.807) is 24.3 Å². The molecule has 0 radical (unpaired) electrons. The van der Waals surface area contributed by atoms with Crippen LogP contribution in [0, 0.1) is 0 Å². The fraction of sp³-hybridized carbons (Fsp3) is 0.250. The van der Waals surface area contributed by atoms with Gasteiger partial charge in [0.2, 0.25) is 0 Å². The largest absolute Gasteiger partial charge is 0.440 e. The summed E-state index contributed by atoms with van der Waals surface area (Å²) in [5.74, 6) is 1.09. The van der Waals surface area contributed by atoms with E-state index in [0.717, 1.165) is 19.0 Å². The normalized spacial score (nSPS) is 14.7. The number of benzene rings is 1. The van der Waals surface area contributed by atoms with Crippen LogP contribution < -0.4 is 10.3 Å². The van der Waals surface area contributed by atoms with Gasteiger partial charge in [-0.15, -0.1) is 0 Å². The van der Waals surface area contributed by atoms with Crippen molar-refractivity contribution in [1.82, 2.24) is 5.43 Å². The number of carbonyl (C=O) groups is 1. The number of halogens is 1. The fourth-order valence-corrected chi connectivity index (χ4v) is 2.60. The maximum absolute atomic E-state index is 11.9. The third-order valence-electron chi connectivity index (χ3n) is 3.51. The molecule has 0 unspecified atom stereocenters. The third kappa shape index (κ3) is 3.31. The number of rotatable bonds is 4. The average Bonchev–Trinajstić information content (AvgIpc) is 3.18. The van der Waals surface area contributed by atoms with Gasteiger partial charge in [0.05, 0.1) is 16.8 Å². The minimum Gasteiger partial charge on any atom is -0.440 e. The molecule has 1 N–H and O–H groups in total. The van der Waals surface area contributed by atoms with Crippen LogP contribution in [-0.2, 0) is 0 Å². The van der Waals surface area contributed by atoms with Gasteiger partial charge < -0.3 is 9.32 Å². The number of hydrogen-bond donors (Lipinski definition) is 1. The Bertz CT molecular complexity index is 690. The molecule has 1 aromatic heterocycles. The van der Waals surface area contributed by atoms with Gasteiger partial charge >= 0.3 is 0 Å². The lowest BCUT2D eigenvalue weighted by Gasteiger charge is -2.12. The summed E-state index contributed by atoms with van der Waals surface area (Å²) in [6.45, 7) is 2.04. The topological polar surface area (TPSA) is 57.8 Å². The minimum absolute atomic E-state index is 0.354. The molecule has 1 saturated heterocycles. The lowest BCUT2D eigenvalue weighted by atomic mass is 10.2. The predicted molar refractivity (Wildman–Crippen MR) is 86.7 cm³/mol. The van der Waals surface area contributed by atoms with Crippen LogP contribution >= 0.6 is 11.6 Å². The maximum Gasteiger partial charge on any atom is 0.272 e. The molecule has 1 aromatic carbocycles. The second-order valence-corrected chi connectivity index (χ2v) is 5.46. The molecule has 0 aliphatic carbocycles. The molecule has 1 aliphatic rings. The van der Waals surface area contributed by atoms with Crippen LogP contribution in [0.1, 0.15) is 29.0 Å². The number of carbonyl (C=O) groups excluding carboxylic acids is 1. The standard InChI is InChI=1S/C16H16ClN3O2/c17-14-6-2-1-5-13(14)16(21)19-18-11-12-7-8-15(22-12)20-9-3-4-10-20/h1-2,5-8,11H,3-4,9-10H2,(H,19,21)/b18-11-. The van der Waals surface area contributed by atoms with Crippen molar-refractivity contribution in [3.05, 3.63) is 52.7 Å². The first kappa shape index (κ1) is 14.7. The van der Waals surface area contributed by atoms with Crippen LogP contribution in [0.2, 0.25) is 5.02 Å². The zero-order valence-electron chi connectivity index (χ0n) is 12.0. The summed E-state index contributed by atoms with van der Waals surface area (Å²) in [5, 5.41) is 4.30. The van der Waals surface area contributed by atoms with Crippen molar-refractivity contribution in [1.29, 1.82) is 0 Å². The van der Waals surface area contributed by atoms with Crippen LogP contribution in [0.3, 0.4) is 0 Å². The van der Waals surface area contributed by atoms with Crippen molar-refractivity contribution in [2.45, 2.75) is 12.8 Å². The summed E-state index contributed by atoms with van der Waals surface area (Å²) in [6, 6.07) is 10.6. The van der Waals surface area contributed by atoms with Crippen LogP contribution in [-0.4, -0.2) is 25.2 Å². The molecule has 0 spiro atoms. The quantitative estimate of drug-likeness (QED) is 0.695. The molecule has 1 fully saturated rings. The van der Waals surface area contributed by atoms with Gasteiger partial charge in [0.15, 0.2) is 5.88 Å². The van der Waals surface area contributed by atoms with Gasteiger partial charge in [-0.25, -0.2) is 5.43 Å². The van der Waals surface area contributed by atoms with E-state index >= 15 is 0 Å². The zero-order chi connectivity index (χ0) is 15.4. The maximum atomic E-state index is 11.9. The first-order valence-corrected chi connectivity index (χ1v) is 7.54. The van der Waals surface area contributed by atoms with Gasteiger partial charge in [-0.05, 0) is 31.0 Å². The van der Waals surface area contributed by atoms with Crippen LogP contribution in [0.5, 0.6) is 0 Å². The van der Waals surface area contributed by atoms with Crippen molar-refractivity contribution in [2.75, 3.05) is 18.0 Å². The molecule has 2 heterocycles. The molecule has 3 rings (SSSR count). The number of amides is 1. The fourth-order valence-electron chi connectivity index (χ4n) is 2.38. The molecule has 2 aromatic rings. The third-order valence-corrected chi connectivity index (χ3v) is 3.84. The summed E-state index contributed by atoms with van der Waals surface area (Å²) < 4.78 is 5.68. The average molecular weight is 318 g/mol. The van der Waals surface area contributed by atoms with E-state index in [1.165, 1.54) is 19.1 Å². The zero-order valence-corrected chi connectivity index (χ0v) is 12.7. The molecule has 0 bridgehead atoms. The number of nitrogens with zero attached hydrogens (tertiary/aromatic N) is 2. The van der Waals surface area contributed by atoms with Crippen molar-refractivity contribution in [3.8, 4) is 0 Å². The SMILES string of the molecule is O=C(N/N=C\c1ccc(N2CCCC2)o1)c1ccccc1Cl. The van der Waals surface area contributed by atoms with Gasteiger partial charge in [-0.1, -0.05) is 23.7 Å². The highest BCUT2D eigenvalue weighted by molar-refractivity contribution is 6.33. The first-order valence-electron chi connectivity index (χ1n) is 7.17. The lowest BCUT2D eigenvalue weighted by Crippen LogP contribution is -2.18. The summed E-state index contributed by atoms with van der Waals surface area (Å²) in [5.41, 5.74) is 2.83. The van der Waals surface area contributed by atoms with Gasteiger partial charge in [0.1, 0.15) is 5.76 Å². The molecule has 0 atom stereocenters. The number of nitrogens with one attached hydrogen (secondary N) is 1. The van der Waals surface area contributed by atoms with Gasteiger partial charge in [0.25, 0.3) is 5.91 Å². The second-order valence-electron chi connectivity index (χ2n) is 5.05. The van der Waals surface area contributed by atoms with E-state index in [0.29, 0.717) is 16.3 Å². The van der Waals surface area contributed by atoms with Crippen LogP contribution in [0.25, 0.3) is 0 Å². The Morgan fingerprint density at radius 3 is 2.77 bits per heavy atom. The predicted octanol–water partition coefficient (Wildman–Crippen LogP) is 3.30. The molecule has 114 valence electrons. The molecule has 1 aliphatic heterocycles. The Hall–Kier alpha value is -2.27. The monoisotopic (exact) mass is 317 g/mol. The van der Waals surface area contributed by atoms with Gasteiger partial charge in [-0.2, -0.15) is 5.10 Å². The molecule has 1 amide bonds. The summed E-state index contributed by atoms with van der Waals surface area (Å²) in [6.07, 6.45) is 3.87. The Kier molecular flexibility index (Phi) is 4.44. The second kappa shape index (κ2) is 6.66. The Balaban J connectivity index is 1.60. The number of hydrazone groups is 1. The van der Waals surface area contributed by atoms with E-state index in [-0.39, 0.29) is 5.91 Å². The van der Waals surface area contributed by atoms with E-state index in [1.807, 2.05) is 12.1 Å². The van der Waals surface area contributed by atoms with E-state index in [2.05, 4.69) is 15.4 Å². The Morgan fingerprint density at radius 2 is 2.00 bits per heavy atom. The number of furan rings is 1. The van der Waals surface area contributed by atoms with Gasteiger partial charge in [0, 0.05) is 19.2 Å². The highest BCUT2D eigenvalue weighted by Gasteiger charge is 2.15. The molecule has 5 nitrogen and oxygen atoms in total. The smallest absolute Gasteiger partial charge is 0.272 e. The van der Waals surface area contributed by atoms with Crippen molar-refractivity contribution >= 4 is 29.6 Å². The lowest BCUT2D eigenvalue weighted by molar-refractivity contribution is 0.0955. The highest BCUT2D eigenvalue weighted by Crippen LogP contribution is 2.22. The van der Waals surface area contributed by atoms with Crippen LogP contribution in [0.4, 0.5) is 5.88 Å². The number of hydrogen-bond acceptors (Lipinski definition) is 4. The highest BCUT2D eigenvalue weighted by atomic mass is 35.5. The first-order chi connectivity index (χ1) is 10.7. The molecular weight excluding hydrogens is 302 g/mol. The van der Waals surface area contributed by atoms with E-state index in [4.69, 9.17) is 16.0 Å². The summed E-state index contributed by atoms with van der Waals surface area (Å²) >= 11 is 5.95. The molecule has 6 heteroatoms. The minimum atomic E-state index is -0.354. The summed E-state index contributed by atoms with van der Waals surface area (Å²) in [4.78, 5) is 14.1. The molecule has 0 saturated carbocycles. The van der Waals surface area contributed by atoms with Crippen molar-refractivity contribution in [3.63, 3.8) is 0 Å². The van der Waals surface area contributed by atoms with Gasteiger partial charge in [-0.3, -0.25) is 4.79 Å². The number of anilines is 1. The van der Waals surface area contributed by atoms with Crippen molar-refractivity contribution < 1.29 is 9.21 Å². The Labute approximate surface area is 133 Å². The summed E-state index contributed by atoms with van der Waals surface area (Å²) in [7, 11) is 0. The van der Waals surface area contributed by atoms with E-state index < -0.39 is 0 Å². The molecular formula is C16H16ClN3O2. The van der Waals surface area contributed by atoms with Crippen LogP contribution in [0.15, 0.2) is 45.9 Å². The van der Waals surface area contributed by atoms with E-state index in [9.17, 15) is 4.79 Å². The molecule has 22 heavy (non-hydrogen) atoms. The Morgan fingerprint density at radius 1 is 1.23 bits per heavy atom.